The number of aliphatic hydroxyl groups excluding tert-OH is 1. The highest BCUT2D eigenvalue weighted by Crippen LogP contribution is 2.24. The fourth-order valence-electron chi connectivity index (χ4n) is 1.32. The second kappa shape index (κ2) is 6.47. The van der Waals surface area contributed by atoms with E-state index in [1.54, 1.807) is 38.3 Å². The number of ether oxygens (including phenoxy) is 2. The summed E-state index contributed by atoms with van der Waals surface area (Å²) in [6.45, 7) is 1.92. The van der Waals surface area contributed by atoms with Gasteiger partial charge in [-0.25, -0.2) is 0 Å². The summed E-state index contributed by atoms with van der Waals surface area (Å²) >= 11 is 5.81. The molecule has 0 fully saturated rings. The molecule has 0 heterocycles. The van der Waals surface area contributed by atoms with Gasteiger partial charge >= 0.3 is 5.97 Å². The van der Waals surface area contributed by atoms with Crippen LogP contribution < -0.4 is 4.74 Å². The van der Waals surface area contributed by atoms with E-state index in [0.717, 1.165) is 0 Å². The zero-order valence-corrected chi connectivity index (χ0v) is 10.5. The van der Waals surface area contributed by atoms with Gasteiger partial charge in [0.25, 0.3) is 0 Å². The Labute approximate surface area is 105 Å². The molecule has 0 aliphatic rings. The number of esters is 1. The number of aliphatic hydroxyl groups is 1. The second-order valence-corrected chi connectivity index (χ2v) is 3.84. The first-order valence-electron chi connectivity index (χ1n) is 5.22. The van der Waals surface area contributed by atoms with E-state index in [9.17, 15) is 9.90 Å². The molecule has 4 nitrogen and oxygen atoms in total. The van der Waals surface area contributed by atoms with Gasteiger partial charge in [-0.05, 0) is 24.6 Å². The van der Waals surface area contributed by atoms with Crippen LogP contribution in [0.15, 0.2) is 24.3 Å². The average molecular weight is 259 g/mol. The van der Waals surface area contributed by atoms with Crippen molar-refractivity contribution < 1.29 is 19.4 Å². The van der Waals surface area contributed by atoms with E-state index in [1.807, 2.05) is 0 Å². The first-order chi connectivity index (χ1) is 8.10. The summed E-state index contributed by atoms with van der Waals surface area (Å²) in [7, 11) is 1.55. The Balaban J connectivity index is 2.73. The molecule has 0 aliphatic heterocycles. The molecule has 0 unspecified atom stereocenters. The van der Waals surface area contributed by atoms with Crippen molar-refractivity contribution in [1.29, 1.82) is 0 Å². The first-order valence-corrected chi connectivity index (χ1v) is 5.66. The smallest absolute Gasteiger partial charge is 0.327 e. The highest BCUT2D eigenvalue weighted by Gasteiger charge is 2.26. The standard InChI is InChI=1S/C12H15ClO4/c1-3-17-12(15)10(13)11(14)8-4-6-9(16-2)7-5-8/h4-7,10-11,14H,3H2,1-2H3/t10-,11+/m0/s1. The average Bonchev–Trinajstić information content (AvgIpc) is 2.37. The van der Waals surface area contributed by atoms with E-state index >= 15 is 0 Å². The SMILES string of the molecule is CCOC(=O)[C@@H](Cl)[C@H](O)c1ccc(OC)cc1. The van der Waals surface area contributed by atoms with Crippen LogP contribution >= 0.6 is 11.6 Å². The van der Waals surface area contributed by atoms with Gasteiger partial charge in [0.05, 0.1) is 13.7 Å². The van der Waals surface area contributed by atoms with Crippen molar-refractivity contribution in [2.24, 2.45) is 0 Å². The summed E-state index contributed by atoms with van der Waals surface area (Å²) in [6.07, 6.45) is -1.10. The number of rotatable bonds is 5. The van der Waals surface area contributed by atoms with Crippen molar-refractivity contribution >= 4 is 17.6 Å². The van der Waals surface area contributed by atoms with Crippen LogP contribution in [0.1, 0.15) is 18.6 Å². The van der Waals surface area contributed by atoms with Gasteiger partial charge in [-0.3, -0.25) is 4.79 Å². The summed E-state index contributed by atoms with van der Waals surface area (Å²) in [4.78, 5) is 11.3. The van der Waals surface area contributed by atoms with Gasteiger partial charge in [0.2, 0.25) is 0 Å². The number of hydrogen-bond donors (Lipinski definition) is 1. The third kappa shape index (κ3) is 3.61. The van der Waals surface area contributed by atoms with Crippen LogP contribution in [0, 0.1) is 0 Å². The number of methoxy groups -OCH3 is 1. The number of alkyl halides is 1. The van der Waals surface area contributed by atoms with Gasteiger partial charge in [-0.15, -0.1) is 11.6 Å². The summed E-state index contributed by atoms with van der Waals surface area (Å²) in [5.41, 5.74) is 0.541. The first kappa shape index (κ1) is 13.8. The van der Waals surface area contributed by atoms with E-state index < -0.39 is 17.5 Å². The maximum absolute atomic E-state index is 11.3. The zero-order valence-electron chi connectivity index (χ0n) is 9.72. The molecule has 0 radical (unpaired) electrons. The van der Waals surface area contributed by atoms with E-state index in [4.69, 9.17) is 21.1 Å². The molecule has 0 amide bonds. The van der Waals surface area contributed by atoms with Crippen molar-refractivity contribution in [3.8, 4) is 5.75 Å². The normalized spacial score (nSPS) is 13.9. The lowest BCUT2D eigenvalue weighted by Crippen LogP contribution is -2.25. The van der Waals surface area contributed by atoms with Crippen LogP contribution in [0.5, 0.6) is 5.75 Å². The van der Waals surface area contributed by atoms with Crippen LogP contribution in [-0.2, 0) is 9.53 Å². The third-order valence-corrected chi connectivity index (χ3v) is 2.66. The molecule has 0 bridgehead atoms. The number of hydrogen-bond acceptors (Lipinski definition) is 4. The molecule has 5 heteroatoms. The summed E-state index contributed by atoms with van der Waals surface area (Å²) in [6, 6.07) is 6.68. The third-order valence-electron chi connectivity index (χ3n) is 2.25. The molecule has 17 heavy (non-hydrogen) atoms. The monoisotopic (exact) mass is 258 g/mol. The lowest BCUT2D eigenvalue weighted by molar-refractivity contribution is -0.144. The summed E-state index contributed by atoms with van der Waals surface area (Å²) in [5, 5.41) is 8.77. The molecule has 0 spiro atoms. The molecule has 1 N–H and O–H groups in total. The van der Waals surface area contributed by atoms with Gasteiger partial charge in [0.15, 0.2) is 5.38 Å². The minimum absolute atomic E-state index is 0.234. The Bertz CT molecular complexity index is 363. The maximum atomic E-state index is 11.3. The van der Waals surface area contributed by atoms with Gasteiger partial charge in [0, 0.05) is 0 Å². The van der Waals surface area contributed by atoms with Crippen molar-refractivity contribution in [3.63, 3.8) is 0 Å². The molecule has 2 atom stereocenters. The second-order valence-electron chi connectivity index (χ2n) is 3.37. The number of carbonyl (C=O) groups is 1. The number of carbonyl (C=O) groups excluding carboxylic acids is 1. The Morgan fingerprint density at radius 2 is 2.00 bits per heavy atom. The molecule has 1 aromatic carbocycles. The van der Waals surface area contributed by atoms with Gasteiger partial charge in [-0.2, -0.15) is 0 Å². The minimum Gasteiger partial charge on any atom is -0.497 e. The van der Waals surface area contributed by atoms with Gasteiger partial charge < -0.3 is 14.6 Å². The van der Waals surface area contributed by atoms with Crippen LogP contribution in [0.3, 0.4) is 0 Å². The molecule has 1 rings (SSSR count). The number of halogens is 1. The largest absolute Gasteiger partial charge is 0.497 e. The van der Waals surface area contributed by atoms with Gasteiger partial charge in [-0.1, -0.05) is 12.1 Å². The molecule has 94 valence electrons. The fourth-order valence-corrected chi connectivity index (χ4v) is 1.53. The van der Waals surface area contributed by atoms with Crippen molar-refractivity contribution in [1.82, 2.24) is 0 Å². The molecule has 0 saturated heterocycles. The molecule has 0 saturated carbocycles. The zero-order chi connectivity index (χ0) is 12.8. The lowest BCUT2D eigenvalue weighted by Gasteiger charge is -2.16. The predicted octanol–water partition coefficient (Wildman–Crippen LogP) is 1.90. The topological polar surface area (TPSA) is 55.8 Å². The number of benzene rings is 1. The molecule has 1 aromatic rings. The molecular formula is C12H15ClO4. The maximum Gasteiger partial charge on any atom is 0.327 e. The predicted molar refractivity (Wildman–Crippen MR) is 64.2 cm³/mol. The molecule has 0 aliphatic carbocycles. The summed E-state index contributed by atoms with van der Waals surface area (Å²) in [5.74, 6) is 0.0423. The van der Waals surface area contributed by atoms with E-state index in [-0.39, 0.29) is 6.61 Å². The Hall–Kier alpha value is -1.26. The highest BCUT2D eigenvalue weighted by molar-refractivity contribution is 6.30. The summed E-state index contributed by atoms with van der Waals surface area (Å²) < 4.78 is 9.72. The Kier molecular flexibility index (Phi) is 5.25. The van der Waals surface area contributed by atoms with Crippen LogP contribution in [0.25, 0.3) is 0 Å². The van der Waals surface area contributed by atoms with Crippen LogP contribution in [0.4, 0.5) is 0 Å². The van der Waals surface area contributed by atoms with Crippen molar-refractivity contribution in [3.05, 3.63) is 29.8 Å². The van der Waals surface area contributed by atoms with E-state index in [0.29, 0.717) is 11.3 Å². The highest BCUT2D eigenvalue weighted by atomic mass is 35.5. The quantitative estimate of drug-likeness (QED) is 0.647. The lowest BCUT2D eigenvalue weighted by atomic mass is 10.1. The van der Waals surface area contributed by atoms with Crippen LogP contribution in [-0.4, -0.2) is 30.2 Å². The molecule has 0 aromatic heterocycles. The fraction of sp³-hybridized carbons (Fsp3) is 0.417. The Morgan fingerprint density at radius 3 is 2.47 bits per heavy atom. The Morgan fingerprint density at radius 1 is 1.41 bits per heavy atom. The van der Waals surface area contributed by atoms with Crippen molar-refractivity contribution in [2.45, 2.75) is 18.4 Å². The van der Waals surface area contributed by atoms with Gasteiger partial charge in [0.1, 0.15) is 11.9 Å². The van der Waals surface area contributed by atoms with Crippen LogP contribution in [0.2, 0.25) is 0 Å². The van der Waals surface area contributed by atoms with Crippen molar-refractivity contribution in [2.75, 3.05) is 13.7 Å². The molecular weight excluding hydrogens is 244 g/mol. The minimum atomic E-state index is -1.11. The van der Waals surface area contributed by atoms with E-state index in [1.165, 1.54) is 0 Å². The van der Waals surface area contributed by atoms with E-state index in [2.05, 4.69) is 0 Å².